The van der Waals surface area contributed by atoms with E-state index in [4.69, 9.17) is 4.74 Å². The highest BCUT2D eigenvalue weighted by Crippen LogP contribution is 2.07. The third kappa shape index (κ3) is 9.29. The van der Waals surface area contributed by atoms with E-state index in [9.17, 15) is 8.42 Å². The molecule has 0 rings (SSSR count). The number of hydrogen-bond acceptors (Lipinski definition) is 3. The van der Waals surface area contributed by atoms with Crippen LogP contribution in [0.3, 0.4) is 0 Å². The Morgan fingerprint density at radius 1 is 1.47 bits per heavy atom. The van der Waals surface area contributed by atoms with Crippen molar-refractivity contribution in [1.82, 2.24) is 4.72 Å². The van der Waals surface area contributed by atoms with Crippen LogP contribution >= 0.6 is 15.9 Å². The van der Waals surface area contributed by atoms with E-state index < -0.39 is 10.0 Å². The van der Waals surface area contributed by atoms with Crippen LogP contribution in [0, 0.1) is 5.92 Å². The van der Waals surface area contributed by atoms with Gasteiger partial charge in [0, 0.05) is 19.0 Å². The average Bonchev–Trinajstić information content (AvgIpc) is 2.21. The van der Waals surface area contributed by atoms with Crippen LogP contribution in [0.2, 0.25) is 0 Å². The van der Waals surface area contributed by atoms with Gasteiger partial charge in [-0.15, -0.1) is 0 Å². The Balaban J connectivity index is 3.57. The Bertz CT molecular complexity index is 244. The minimum absolute atomic E-state index is 0.0392. The quantitative estimate of drug-likeness (QED) is 0.517. The second-order valence-electron chi connectivity index (χ2n) is 3.61. The van der Waals surface area contributed by atoms with Gasteiger partial charge in [0.1, 0.15) is 0 Å². The SMILES string of the molecule is COCCS(=O)(=O)NCCCC(C)CBr. The van der Waals surface area contributed by atoms with Crippen molar-refractivity contribution >= 4 is 26.0 Å². The van der Waals surface area contributed by atoms with Gasteiger partial charge >= 0.3 is 0 Å². The second kappa shape index (κ2) is 8.50. The molecule has 0 saturated heterocycles. The third-order valence-corrected chi connectivity index (χ3v) is 4.47. The molecule has 1 N–H and O–H groups in total. The summed E-state index contributed by atoms with van der Waals surface area (Å²) >= 11 is 3.39. The molecule has 0 aromatic rings. The summed E-state index contributed by atoms with van der Waals surface area (Å²) in [5.41, 5.74) is 0. The molecule has 0 aliphatic carbocycles. The van der Waals surface area contributed by atoms with Crippen LogP contribution in [-0.2, 0) is 14.8 Å². The van der Waals surface area contributed by atoms with Crippen LogP contribution in [0.15, 0.2) is 0 Å². The molecule has 6 heteroatoms. The van der Waals surface area contributed by atoms with Gasteiger partial charge in [-0.3, -0.25) is 0 Å². The van der Waals surface area contributed by atoms with Gasteiger partial charge in [0.05, 0.1) is 12.4 Å². The maximum absolute atomic E-state index is 11.3. The van der Waals surface area contributed by atoms with Crippen LogP contribution in [0.1, 0.15) is 19.8 Å². The number of halogens is 1. The van der Waals surface area contributed by atoms with E-state index in [0.717, 1.165) is 18.2 Å². The summed E-state index contributed by atoms with van der Waals surface area (Å²) in [7, 11) is -1.64. The highest BCUT2D eigenvalue weighted by molar-refractivity contribution is 9.09. The lowest BCUT2D eigenvalue weighted by Gasteiger charge is -2.08. The number of ether oxygens (including phenoxy) is 1. The Labute approximate surface area is 101 Å². The Hall–Kier alpha value is 0.350. The molecule has 0 aliphatic rings. The molecule has 15 heavy (non-hydrogen) atoms. The lowest BCUT2D eigenvalue weighted by atomic mass is 10.1. The third-order valence-electron chi connectivity index (χ3n) is 2.02. The van der Waals surface area contributed by atoms with Gasteiger partial charge in [-0.2, -0.15) is 0 Å². The predicted octanol–water partition coefficient (Wildman–Crippen LogP) is 1.36. The Morgan fingerprint density at radius 2 is 2.13 bits per heavy atom. The number of sulfonamides is 1. The molecule has 0 aliphatic heterocycles. The predicted molar refractivity (Wildman–Crippen MR) is 65.9 cm³/mol. The normalized spacial score (nSPS) is 14.1. The minimum Gasteiger partial charge on any atom is -0.384 e. The van der Waals surface area contributed by atoms with Crippen molar-refractivity contribution in [1.29, 1.82) is 0 Å². The standard InChI is InChI=1S/C9H20BrNO3S/c1-9(8-10)4-3-5-11-15(12,13)7-6-14-2/h9,11H,3-8H2,1-2H3. The van der Waals surface area contributed by atoms with Gasteiger partial charge in [0.25, 0.3) is 0 Å². The molecule has 92 valence electrons. The number of methoxy groups -OCH3 is 1. The molecule has 1 unspecified atom stereocenters. The second-order valence-corrected chi connectivity index (χ2v) is 6.18. The molecule has 4 nitrogen and oxygen atoms in total. The first kappa shape index (κ1) is 15.3. The maximum Gasteiger partial charge on any atom is 0.213 e. The van der Waals surface area contributed by atoms with Crippen molar-refractivity contribution in [3.8, 4) is 0 Å². The number of rotatable bonds is 9. The lowest BCUT2D eigenvalue weighted by Crippen LogP contribution is -2.29. The monoisotopic (exact) mass is 301 g/mol. The van der Waals surface area contributed by atoms with E-state index in [0.29, 0.717) is 12.5 Å². The van der Waals surface area contributed by atoms with Crippen LogP contribution in [0.4, 0.5) is 0 Å². The average molecular weight is 302 g/mol. The summed E-state index contributed by atoms with van der Waals surface area (Å²) in [5, 5.41) is 0.962. The van der Waals surface area contributed by atoms with E-state index in [2.05, 4.69) is 27.6 Å². The minimum atomic E-state index is -3.14. The molecular weight excluding hydrogens is 282 g/mol. The number of nitrogens with one attached hydrogen (secondary N) is 1. The number of hydrogen-bond donors (Lipinski definition) is 1. The molecule has 0 aromatic heterocycles. The molecule has 0 aromatic carbocycles. The van der Waals surface area contributed by atoms with Gasteiger partial charge in [0.2, 0.25) is 10.0 Å². The maximum atomic E-state index is 11.3. The van der Waals surface area contributed by atoms with E-state index in [1.807, 2.05) is 0 Å². The Morgan fingerprint density at radius 3 is 2.67 bits per heavy atom. The highest BCUT2D eigenvalue weighted by Gasteiger charge is 2.08. The Kier molecular flexibility index (Phi) is 8.69. The molecule has 0 fully saturated rings. The molecule has 0 heterocycles. The first-order valence-electron chi connectivity index (χ1n) is 5.04. The summed E-state index contributed by atoms with van der Waals surface area (Å²) in [6, 6.07) is 0. The van der Waals surface area contributed by atoms with Gasteiger partial charge in [0.15, 0.2) is 0 Å². The van der Waals surface area contributed by atoms with Gasteiger partial charge in [-0.1, -0.05) is 22.9 Å². The van der Waals surface area contributed by atoms with Crippen LogP contribution in [-0.4, -0.2) is 39.8 Å². The van der Waals surface area contributed by atoms with Gasteiger partial charge < -0.3 is 4.74 Å². The fourth-order valence-corrected chi connectivity index (χ4v) is 2.33. The van der Waals surface area contributed by atoms with Gasteiger partial charge in [-0.05, 0) is 18.8 Å². The zero-order chi connectivity index (χ0) is 11.7. The van der Waals surface area contributed by atoms with Crippen molar-refractivity contribution in [2.75, 3.05) is 31.3 Å². The van der Waals surface area contributed by atoms with Gasteiger partial charge in [-0.25, -0.2) is 13.1 Å². The fourth-order valence-electron chi connectivity index (χ4n) is 1.02. The molecule has 0 amide bonds. The van der Waals surface area contributed by atoms with E-state index >= 15 is 0 Å². The largest absolute Gasteiger partial charge is 0.384 e. The van der Waals surface area contributed by atoms with Crippen molar-refractivity contribution < 1.29 is 13.2 Å². The molecule has 0 bridgehead atoms. The topological polar surface area (TPSA) is 55.4 Å². The molecule has 0 saturated carbocycles. The summed E-state index contributed by atoms with van der Waals surface area (Å²) in [5.74, 6) is 0.630. The lowest BCUT2D eigenvalue weighted by molar-refractivity contribution is 0.217. The van der Waals surface area contributed by atoms with E-state index in [1.54, 1.807) is 0 Å². The smallest absolute Gasteiger partial charge is 0.213 e. The van der Waals surface area contributed by atoms with Crippen molar-refractivity contribution in [3.63, 3.8) is 0 Å². The first-order valence-corrected chi connectivity index (χ1v) is 7.81. The van der Waals surface area contributed by atoms with Crippen molar-refractivity contribution in [2.24, 2.45) is 5.92 Å². The van der Waals surface area contributed by atoms with Crippen molar-refractivity contribution in [2.45, 2.75) is 19.8 Å². The van der Waals surface area contributed by atoms with Crippen molar-refractivity contribution in [3.05, 3.63) is 0 Å². The van der Waals surface area contributed by atoms with Crippen LogP contribution in [0.5, 0.6) is 0 Å². The summed E-state index contributed by atoms with van der Waals surface area (Å²) in [4.78, 5) is 0. The summed E-state index contributed by atoms with van der Waals surface area (Å²) < 4.78 is 29.9. The summed E-state index contributed by atoms with van der Waals surface area (Å²) in [6.45, 7) is 2.89. The van der Waals surface area contributed by atoms with E-state index in [-0.39, 0.29) is 12.4 Å². The van der Waals surface area contributed by atoms with Crippen LogP contribution < -0.4 is 4.72 Å². The molecule has 0 spiro atoms. The zero-order valence-electron chi connectivity index (χ0n) is 9.33. The number of alkyl halides is 1. The highest BCUT2D eigenvalue weighted by atomic mass is 79.9. The molecule has 1 atom stereocenters. The summed E-state index contributed by atoms with van der Waals surface area (Å²) in [6.07, 6.45) is 1.90. The fraction of sp³-hybridized carbons (Fsp3) is 1.00. The van der Waals surface area contributed by atoms with Crippen LogP contribution in [0.25, 0.3) is 0 Å². The van der Waals surface area contributed by atoms with E-state index in [1.165, 1.54) is 7.11 Å². The molecule has 0 radical (unpaired) electrons. The zero-order valence-corrected chi connectivity index (χ0v) is 11.7. The molecular formula is C9H20BrNO3S. The first-order chi connectivity index (χ1) is 7.02.